The van der Waals surface area contributed by atoms with Crippen LogP contribution in [0.1, 0.15) is 24.2 Å². The largest absolute Gasteiger partial charge is 0.491 e. The SMILES string of the molecule is CC(C)Oc1cccc(C(=O)N2CCN(C)CC2)c1. The van der Waals surface area contributed by atoms with Crippen molar-refractivity contribution in [2.75, 3.05) is 33.2 Å². The zero-order valence-corrected chi connectivity index (χ0v) is 11.9. The zero-order valence-electron chi connectivity index (χ0n) is 11.9. The molecule has 104 valence electrons. The highest BCUT2D eigenvalue weighted by atomic mass is 16.5. The predicted octanol–water partition coefficient (Wildman–Crippen LogP) is 1.86. The van der Waals surface area contributed by atoms with Crippen molar-refractivity contribution < 1.29 is 9.53 Å². The van der Waals surface area contributed by atoms with E-state index in [1.54, 1.807) is 0 Å². The van der Waals surface area contributed by atoms with Crippen molar-refractivity contribution in [2.45, 2.75) is 20.0 Å². The average Bonchev–Trinajstić information content (AvgIpc) is 2.38. The quantitative estimate of drug-likeness (QED) is 0.833. The summed E-state index contributed by atoms with van der Waals surface area (Å²) in [5.41, 5.74) is 0.711. The summed E-state index contributed by atoms with van der Waals surface area (Å²) in [4.78, 5) is 16.5. The number of carbonyl (C=O) groups excluding carboxylic acids is 1. The fraction of sp³-hybridized carbons (Fsp3) is 0.533. The average molecular weight is 262 g/mol. The Balaban J connectivity index is 2.06. The molecule has 0 bridgehead atoms. The first-order valence-corrected chi connectivity index (χ1v) is 6.81. The number of amides is 1. The topological polar surface area (TPSA) is 32.8 Å². The van der Waals surface area contributed by atoms with E-state index in [4.69, 9.17) is 4.74 Å². The van der Waals surface area contributed by atoms with E-state index in [0.717, 1.165) is 31.9 Å². The molecule has 2 rings (SSSR count). The molecule has 0 radical (unpaired) electrons. The van der Waals surface area contributed by atoms with Crippen LogP contribution in [-0.2, 0) is 0 Å². The molecule has 1 fully saturated rings. The smallest absolute Gasteiger partial charge is 0.254 e. The monoisotopic (exact) mass is 262 g/mol. The van der Waals surface area contributed by atoms with Gasteiger partial charge in [-0.1, -0.05) is 6.07 Å². The second kappa shape index (κ2) is 6.06. The van der Waals surface area contributed by atoms with Crippen LogP contribution in [0.15, 0.2) is 24.3 Å². The lowest BCUT2D eigenvalue weighted by Gasteiger charge is -2.32. The molecule has 1 aromatic carbocycles. The highest BCUT2D eigenvalue weighted by molar-refractivity contribution is 5.94. The van der Waals surface area contributed by atoms with Gasteiger partial charge in [0.05, 0.1) is 6.10 Å². The first-order valence-electron chi connectivity index (χ1n) is 6.81. The molecule has 0 atom stereocenters. The van der Waals surface area contributed by atoms with Crippen LogP contribution in [0.4, 0.5) is 0 Å². The lowest BCUT2D eigenvalue weighted by atomic mass is 10.1. The van der Waals surface area contributed by atoms with Gasteiger partial charge in [0.15, 0.2) is 0 Å². The molecule has 4 heteroatoms. The third-order valence-corrected chi connectivity index (χ3v) is 3.24. The summed E-state index contributed by atoms with van der Waals surface area (Å²) in [5, 5.41) is 0. The van der Waals surface area contributed by atoms with Gasteiger partial charge in [-0.2, -0.15) is 0 Å². The van der Waals surface area contributed by atoms with E-state index in [9.17, 15) is 4.79 Å². The van der Waals surface area contributed by atoms with Gasteiger partial charge in [-0.25, -0.2) is 0 Å². The van der Waals surface area contributed by atoms with Gasteiger partial charge in [0, 0.05) is 31.7 Å². The predicted molar refractivity (Wildman–Crippen MR) is 75.6 cm³/mol. The van der Waals surface area contributed by atoms with Gasteiger partial charge in [-0.15, -0.1) is 0 Å². The molecule has 1 heterocycles. The molecular weight excluding hydrogens is 240 g/mol. The van der Waals surface area contributed by atoms with E-state index in [2.05, 4.69) is 11.9 Å². The third-order valence-electron chi connectivity index (χ3n) is 3.24. The fourth-order valence-corrected chi connectivity index (χ4v) is 2.17. The van der Waals surface area contributed by atoms with E-state index in [1.165, 1.54) is 0 Å². The molecule has 0 unspecified atom stereocenters. The number of hydrogen-bond donors (Lipinski definition) is 0. The summed E-state index contributed by atoms with van der Waals surface area (Å²) in [6.07, 6.45) is 0.119. The van der Waals surface area contributed by atoms with Crippen LogP contribution in [-0.4, -0.2) is 55.0 Å². The molecule has 0 spiro atoms. The van der Waals surface area contributed by atoms with Crippen molar-refractivity contribution in [3.8, 4) is 5.75 Å². The van der Waals surface area contributed by atoms with Crippen molar-refractivity contribution in [3.63, 3.8) is 0 Å². The van der Waals surface area contributed by atoms with Crippen molar-refractivity contribution in [1.82, 2.24) is 9.80 Å². The minimum absolute atomic E-state index is 0.0994. The summed E-state index contributed by atoms with van der Waals surface area (Å²) >= 11 is 0. The minimum Gasteiger partial charge on any atom is -0.491 e. The summed E-state index contributed by atoms with van der Waals surface area (Å²) in [6.45, 7) is 7.43. The van der Waals surface area contributed by atoms with Crippen molar-refractivity contribution in [2.24, 2.45) is 0 Å². The Kier molecular flexibility index (Phi) is 4.43. The number of ether oxygens (including phenoxy) is 1. The number of nitrogens with zero attached hydrogens (tertiary/aromatic N) is 2. The number of likely N-dealkylation sites (N-methyl/N-ethyl adjacent to an activating group) is 1. The van der Waals surface area contributed by atoms with Crippen molar-refractivity contribution in [1.29, 1.82) is 0 Å². The lowest BCUT2D eigenvalue weighted by Crippen LogP contribution is -2.47. The molecule has 0 saturated carbocycles. The first-order chi connectivity index (χ1) is 9.06. The number of benzene rings is 1. The molecule has 1 aromatic rings. The van der Waals surface area contributed by atoms with Gasteiger partial charge >= 0.3 is 0 Å². The van der Waals surface area contributed by atoms with Gasteiger partial charge in [0.2, 0.25) is 0 Å². The van der Waals surface area contributed by atoms with Gasteiger partial charge in [0.1, 0.15) is 5.75 Å². The summed E-state index contributed by atoms with van der Waals surface area (Å²) in [6, 6.07) is 7.45. The molecule has 0 N–H and O–H groups in total. The van der Waals surface area contributed by atoms with Gasteiger partial charge in [0.25, 0.3) is 5.91 Å². The third kappa shape index (κ3) is 3.70. The number of rotatable bonds is 3. The van der Waals surface area contributed by atoms with Crippen LogP contribution >= 0.6 is 0 Å². The van der Waals surface area contributed by atoms with E-state index in [1.807, 2.05) is 43.0 Å². The van der Waals surface area contributed by atoms with Crippen LogP contribution in [0.5, 0.6) is 5.75 Å². The standard InChI is InChI=1S/C15H22N2O2/c1-12(2)19-14-6-4-5-13(11-14)15(18)17-9-7-16(3)8-10-17/h4-6,11-12H,7-10H2,1-3H3. The molecule has 4 nitrogen and oxygen atoms in total. The summed E-state index contributed by atoms with van der Waals surface area (Å²) in [7, 11) is 2.08. The highest BCUT2D eigenvalue weighted by Gasteiger charge is 2.20. The molecule has 0 aromatic heterocycles. The molecule has 1 saturated heterocycles. The van der Waals surface area contributed by atoms with Crippen LogP contribution in [0.25, 0.3) is 0 Å². The Bertz CT molecular complexity index is 438. The number of hydrogen-bond acceptors (Lipinski definition) is 3. The van der Waals surface area contributed by atoms with Gasteiger partial charge in [-0.3, -0.25) is 4.79 Å². The molecule has 1 amide bonds. The van der Waals surface area contributed by atoms with E-state index >= 15 is 0 Å². The number of piperazine rings is 1. The Morgan fingerprint density at radius 1 is 1.21 bits per heavy atom. The summed E-state index contributed by atoms with van der Waals surface area (Å²) < 4.78 is 5.63. The maximum atomic E-state index is 12.4. The van der Waals surface area contributed by atoms with E-state index in [-0.39, 0.29) is 12.0 Å². The van der Waals surface area contributed by atoms with E-state index in [0.29, 0.717) is 5.56 Å². The van der Waals surface area contributed by atoms with Crippen molar-refractivity contribution in [3.05, 3.63) is 29.8 Å². The Morgan fingerprint density at radius 2 is 1.89 bits per heavy atom. The minimum atomic E-state index is 0.0994. The molecule has 1 aliphatic heterocycles. The van der Waals surface area contributed by atoms with Crippen LogP contribution in [0, 0.1) is 0 Å². The van der Waals surface area contributed by atoms with Crippen LogP contribution < -0.4 is 4.74 Å². The molecule has 19 heavy (non-hydrogen) atoms. The second-order valence-electron chi connectivity index (χ2n) is 5.29. The van der Waals surface area contributed by atoms with Crippen molar-refractivity contribution >= 4 is 5.91 Å². The fourth-order valence-electron chi connectivity index (χ4n) is 2.17. The molecule has 0 aliphatic carbocycles. The lowest BCUT2D eigenvalue weighted by molar-refractivity contribution is 0.0663. The normalized spacial score (nSPS) is 16.7. The Morgan fingerprint density at radius 3 is 2.53 bits per heavy atom. The highest BCUT2D eigenvalue weighted by Crippen LogP contribution is 2.17. The Labute approximate surface area is 115 Å². The first kappa shape index (κ1) is 13.9. The maximum Gasteiger partial charge on any atom is 0.254 e. The van der Waals surface area contributed by atoms with Crippen LogP contribution in [0.2, 0.25) is 0 Å². The van der Waals surface area contributed by atoms with Crippen LogP contribution in [0.3, 0.4) is 0 Å². The van der Waals surface area contributed by atoms with Gasteiger partial charge < -0.3 is 14.5 Å². The summed E-state index contributed by atoms with van der Waals surface area (Å²) in [5.74, 6) is 0.859. The molecule has 1 aliphatic rings. The maximum absolute atomic E-state index is 12.4. The molecular formula is C15H22N2O2. The second-order valence-corrected chi connectivity index (χ2v) is 5.29. The zero-order chi connectivity index (χ0) is 13.8. The Hall–Kier alpha value is -1.55. The number of carbonyl (C=O) groups is 1. The van der Waals surface area contributed by atoms with Gasteiger partial charge in [-0.05, 0) is 39.1 Å². The van der Waals surface area contributed by atoms with E-state index < -0.39 is 0 Å².